The molecule has 0 aliphatic carbocycles. The zero-order valence-corrected chi connectivity index (χ0v) is 11.5. The Labute approximate surface area is 112 Å². The minimum absolute atomic E-state index is 0.0138. The number of fused-ring (bicyclic) bond motifs is 1. The Hall–Kier alpha value is -1.81. The van der Waals surface area contributed by atoms with Crippen LogP contribution >= 0.6 is 0 Å². The smallest absolute Gasteiger partial charge is 0.335 e. The van der Waals surface area contributed by atoms with Gasteiger partial charge in [0.15, 0.2) is 6.10 Å². The van der Waals surface area contributed by atoms with Crippen LogP contribution in [0.1, 0.15) is 19.4 Å². The summed E-state index contributed by atoms with van der Waals surface area (Å²) in [6, 6.07) is 8.08. The van der Waals surface area contributed by atoms with Crippen molar-refractivity contribution in [1.82, 2.24) is 4.98 Å². The number of H-pyrrole nitrogens is 1. The lowest BCUT2D eigenvalue weighted by Crippen LogP contribution is -2.30. The second kappa shape index (κ2) is 5.89. The molecule has 0 aliphatic rings. The van der Waals surface area contributed by atoms with Gasteiger partial charge in [0.05, 0.1) is 13.2 Å². The molecular formula is C15H19NO3. The number of hydrogen-bond acceptors (Lipinski definition) is 3. The molecule has 0 saturated heterocycles. The summed E-state index contributed by atoms with van der Waals surface area (Å²) in [5.41, 5.74) is 2.14. The predicted molar refractivity (Wildman–Crippen MR) is 74.0 cm³/mol. The lowest BCUT2D eigenvalue weighted by atomic mass is 10.1. The minimum atomic E-state index is -0.554. The predicted octanol–water partition coefficient (Wildman–Crippen LogP) is 2.68. The number of esters is 1. The molecule has 0 spiro atoms. The van der Waals surface area contributed by atoms with Gasteiger partial charge in [-0.05, 0) is 43.0 Å². The van der Waals surface area contributed by atoms with Crippen molar-refractivity contribution in [3.63, 3.8) is 0 Å². The summed E-state index contributed by atoms with van der Waals surface area (Å²) in [5, 5.41) is 1.13. The summed E-state index contributed by atoms with van der Waals surface area (Å²) in [7, 11) is 1.38. The molecule has 1 N–H and O–H groups in total. The molecule has 102 valence electrons. The maximum atomic E-state index is 11.7. The van der Waals surface area contributed by atoms with Gasteiger partial charge in [0.1, 0.15) is 0 Å². The van der Waals surface area contributed by atoms with Crippen LogP contribution in [-0.4, -0.2) is 30.3 Å². The molecule has 2 aromatic rings. The monoisotopic (exact) mass is 261 g/mol. The number of carbonyl (C=O) groups is 1. The molecule has 4 nitrogen and oxygen atoms in total. The number of nitrogens with one attached hydrogen (secondary N) is 1. The summed E-state index contributed by atoms with van der Waals surface area (Å²) in [5.74, 6) is -0.331. The lowest BCUT2D eigenvalue weighted by Gasteiger charge is -2.18. The van der Waals surface area contributed by atoms with Crippen molar-refractivity contribution >= 4 is 16.9 Å². The highest BCUT2D eigenvalue weighted by atomic mass is 16.6. The number of hydrogen-bond donors (Lipinski definition) is 1. The van der Waals surface area contributed by atoms with E-state index in [4.69, 9.17) is 9.47 Å². The molecule has 0 radical (unpaired) electrons. The Morgan fingerprint density at radius 3 is 2.79 bits per heavy atom. The summed E-state index contributed by atoms with van der Waals surface area (Å²) < 4.78 is 10.4. The van der Waals surface area contributed by atoms with Crippen LogP contribution in [0.25, 0.3) is 10.9 Å². The fourth-order valence-corrected chi connectivity index (χ4v) is 2.09. The first-order valence-electron chi connectivity index (χ1n) is 6.39. The highest BCUT2D eigenvalue weighted by Gasteiger charge is 2.21. The largest absolute Gasteiger partial charge is 0.467 e. The van der Waals surface area contributed by atoms with Crippen LogP contribution in [-0.2, 0) is 20.7 Å². The molecule has 1 aromatic carbocycles. The first-order valence-corrected chi connectivity index (χ1v) is 6.39. The van der Waals surface area contributed by atoms with E-state index < -0.39 is 6.10 Å². The fraction of sp³-hybridized carbons (Fsp3) is 0.400. The van der Waals surface area contributed by atoms with Crippen molar-refractivity contribution in [1.29, 1.82) is 0 Å². The molecule has 4 heteroatoms. The maximum Gasteiger partial charge on any atom is 0.335 e. The fourth-order valence-electron chi connectivity index (χ4n) is 2.09. The summed E-state index contributed by atoms with van der Waals surface area (Å²) in [6.45, 7) is 3.82. The normalized spacial score (nSPS) is 12.8. The van der Waals surface area contributed by atoms with E-state index in [0.29, 0.717) is 6.42 Å². The number of benzene rings is 1. The van der Waals surface area contributed by atoms with E-state index in [1.807, 2.05) is 38.2 Å². The van der Waals surface area contributed by atoms with Crippen LogP contribution in [0, 0.1) is 0 Å². The topological polar surface area (TPSA) is 51.3 Å². The Balaban J connectivity index is 2.17. The van der Waals surface area contributed by atoms with Gasteiger partial charge in [-0.15, -0.1) is 0 Å². The molecule has 0 aliphatic heterocycles. The lowest BCUT2D eigenvalue weighted by molar-refractivity contribution is -0.156. The molecule has 0 bridgehead atoms. The molecule has 0 saturated carbocycles. The molecule has 2 rings (SSSR count). The first-order chi connectivity index (χ1) is 9.10. The molecule has 1 heterocycles. The zero-order valence-electron chi connectivity index (χ0n) is 11.5. The second-order valence-electron chi connectivity index (χ2n) is 4.80. The number of methoxy groups -OCH3 is 1. The number of ether oxygens (including phenoxy) is 2. The first kappa shape index (κ1) is 13.6. The minimum Gasteiger partial charge on any atom is -0.467 e. The van der Waals surface area contributed by atoms with Crippen LogP contribution in [0.15, 0.2) is 30.5 Å². The van der Waals surface area contributed by atoms with E-state index in [-0.39, 0.29) is 12.1 Å². The second-order valence-corrected chi connectivity index (χ2v) is 4.80. The van der Waals surface area contributed by atoms with E-state index in [1.54, 1.807) is 0 Å². The molecule has 0 amide bonds. The molecule has 1 atom stereocenters. The highest BCUT2D eigenvalue weighted by molar-refractivity contribution is 5.80. The van der Waals surface area contributed by atoms with Crippen LogP contribution < -0.4 is 0 Å². The van der Waals surface area contributed by atoms with Gasteiger partial charge in [-0.2, -0.15) is 0 Å². The van der Waals surface area contributed by atoms with Crippen molar-refractivity contribution in [2.75, 3.05) is 7.11 Å². The molecule has 1 unspecified atom stereocenters. The highest BCUT2D eigenvalue weighted by Crippen LogP contribution is 2.17. The Kier molecular flexibility index (Phi) is 4.22. The summed E-state index contributed by atoms with van der Waals surface area (Å²) >= 11 is 0. The van der Waals surface area contributed by atoms with Crippen LogP contribution in [0.5, 0.6) is 0 Å². The Morgan fingerprint density at radius 1 is 1.32 bits per heavy atom. The number of aromatic amines is 1. The van der Waals surface area contributed by atoms with E-state index >= 15 is 0 Å². The van der Waals surface area contributed by atoms with Gasteiger partial charge in [0.25, 0.3) is 0 Å². The third-order valence-electron chi connectivity index (χ3n) is 2.94. The van der Waals surface area contributed by atoms with Crippen LogP contribution in [0.2, 0.25) is 0 Å². The zero-order chi connectivity index (χ0) is 13.8. The number of carbonyl (C=O) groups excluding carboxylic acids is 1. The van der Waals surface area contributed by atoms with Gasteiger partial charge >= 0.3 is 5.97 Å². The number of aromatic nitrogens is 1. The van der Waals surface area contributed by atoms with Crippen molar-refractivity contribution in [3.8, 4) is 0 Å². The van der Waals surface area contributed by atoms with Gasteiger partial charge < -0.3 is 14.5 Å². The number of rotatable bonds is 5. The van der Waals surface area contributed by atoms with Gasteiger partial charge in [-0.3, -0.25) is 0 Å². The molecule has 0 fully saturated rings. The Bertz CT molecular complexity index is 559. The van der Waals surface area contributed by atoms with Gasteiger partial charge in [0, 0.05) is 18.1 Å². The van der Waals surface area contributed by atoms with Crippen molar-refractivity contribution in [2.45, 2.75) is 32.5 Å². The van der Waals surface area contributed by atoms with Gasteiger partial charge in [-0.1, -0.05) is 6.07 Å². The molecule has 19 heavy (non-hydrogen) atoms. The van der Waals surface area contributed by atoms with E-state index in [0.717, 1.165) is 16.5 Å². The standard InChI is InChI=1S/C15H19NO3/c1-10(2)19-14(15(17)18-3)9-11-4-5-13-12(8-11)6-7-16-13/h4-8,10,14,16H,9H2,1-3H3. The quantitative estimate of drug-likeness (QED) is 0.842. The third-order valence-corrected chi connectivity index (χ3v) is 2.94. The van der Waals surface area contributed by atoms with Crippen molar-refractivity contribution in [3.05, 3.63) is 36.0 Å². The third kappa shape index (κ3) is 3.35. The van der Waals surface area contributed by atoms with Crippen LogP contribution in [0.4, 0.5) is 0 Å². The van der Waals surface area contributed by atoms with Crippen molar-refractivity contribution < 1.29 is 14.3 Å². The van der Waals surface area contributed by atoms with Gasteiger partial charge in [0.2, 0.25) is 0 Å². The average molecular weight is 261 g/mol. The SMILES string of the molecule is COC(=O)C(Cc1ccc2[nH]ccc2c1)OC(C)C. The molecule has 1 aromatic heterocycles. The molecular weight excluding hydrogens is 242 g/mol. The van der Waals surface area contributed by atoms with E-state index in [2.05, 4.69) is 11.1 Å². The summed E-state index contributed by atoms with van der Waals surface area (Å²) in [6.07, 6.45) is 1.85. The van der Waals surface area contributed by atoms with E-state index in [1.165, 1.54) is 7.11 Å². The van der Waals surface area contributed by atoms with Crippen molar-refractivity contribution in [2.24, 2.45) is 0 Å². The summed E-state index contributed by atoms with van der Waals surface area (Å²) in [4.78, 5) is 14.9. The van der Waals surface area contributed by atoms with Crippen LogP contribution in [0.3, 0.4) is 0 Å². The maximum absolute atomic E-state index is 11.7. The average Bonchev–Trinajstić information content (AvgIpc) is 2.84. The van der Waals surface area contributed by atoms with Gasteiger partial charge in [-0.25, -0.2) is 4.79 Å². The Morgan fingerprint density at radius 2 is 2.11 bits per heavy atom. The van der Waals surface area contributed by atoms with E-state index in [9.17, 15) is 4.79 Å².